The molecule has 22 heavy (non-hydrogen) atoms. The van der Waals surface area contributed by atoms with Gasteiger partial charge in [-0.3, -0.25) is 4.79 Å². The lowest BCUT2D eigenvalue weighted by Gasteiger charge is -2.04. The van der Waals surface area contributed by atoms with Gasteiger partial charge in [0.05, 0.1) is 0 Å². The van der Waals surface area contributed by atoms with Crippen LogP contribution in [0.5, 0.6) is 0 Å². The molecule has 0 atom stereocenters. The molecule has 118 valence electrons. The largest absolute Gasteiger partial charge is 0.370 e. The Hall–Kier alpha value is -1.18. The van der Waals surface area contributed by atoms with Crippen molar-refractivity contribution in [1.29, 1.82) is 0 Å². The van der Waals surface area contributed by atoms with Crippen molar-refractivity contribution in [2.75, 3.05) is 5.08 Å². The van der Waals surface area contributed by atoms with Gasteiger partial charge < -0.3 is 10.3 Å². The maximum atomic E-state index is 10.8. The monoisotopic (exact) mass is 356 g/mol. The van der Waals surface area contributed by atoms with Crippen molar-refractivity contribution in [2.24, 2.45) is 12.8 Å². The molecule has 1 heterocycles. The van der Waals surface area contributed by atoms with E-state index in [-0.39, 0.29) is 5.91 Å². The number of halogens is 1. The number of carbonyl (C=O) groups is 1. The van der Waals surface area contributed by atoms with Crippen LogP contribution in [0, 0.1) is 0 Å². The first-order chi connectivity index (χ1) is 10.6. The summed E-state index contributed by atoms with van der Waals surface area (Å²) in [5.41, 5.74) is 6.39. The van der Waals surface area contributed by atoms with E-state index in [4.69, 9.17) is 17.3 Å². The maximum absolute atomic E-state index is 10.8. The summed E-state index contributed by atoms with van der Waals surface area (Å²) >= 11 is 9.30. The van der Waals surface area contributed by atoms with Crippen molar-refractivity contribution < 1.29 is 4.79 Å². The van der Waals surface area contributed by atoms with Gasteiger partial charge in [0.1, 0.15) is 5.82 Å². The predicted octanol–water partition coefficient (Wildman–Crippen LogP) is 2.87. The highest BCUT2D eigenvalue weighted by Crippen LogP contribution is 2.24. The number of benzene rings is 1. The van der Waals surface area contributed by atoms with E-state index < -0.39 is 0 Å². The van der Waals surface area contributed by atoms with E-state index in [0.29, 0.717) is 12.8 Å². The Morgan fingerprint density at radius 1 is 1.32 bits per heavy atom. The molecule has 0 radical (unpaired) electrons. The number of aromatic nitrogens is 3. The van der Waals surface area contributed by atoms with Crippen molar-refractivity contribution in [1.82, 2.24) is 14.8 Å². The first-order valence-electron chi connectivity index (χ1n) is 6.68. The van der Waals surface area contributed by atoms with Crippen LogP contribution in [-0.2, 0) is 24.0 Å². The fourth-order valence-corrected chi connectivity index (χ4v) is 3.80. The molecular formula is C14H17ClN4OS2. The van der Waals surface area contributed by atoms with Crippen LogP contribution >= 0.6 is 35.1 Å². The SMILES string of the molecule is Cn1c(CCC(N)=O)nnc1SCSCc1ccc(Cl)cc1. The minimum Gasteiger partial charge on any atom is -0.370 e. The van der Waals surface area contributed by atoms with Crippen LogP contribution in [0.2, 0.25) is 5.02 Å². The van der Waals surface area contributed by atoms with Crippen LogP contribution < -0.4 is 5.73 Å². The molecule has 1 aromatic carbocycles. The van der Waals surface area contributed by atoms with Crippen molar-refractivity contribution in [2.45, 2.75) is 23.8 Å². The Morgan fingerprint density at radius 2 is 2.05 bits per heavy atom. The molecule has 2 aromatic rings. The first-order valence-corrected chi connectivity index (χ1v) is 9.19. The lowest BCUT2D eigenvalue weighted by molar-refractivity contribution is -0.118. The van der Waals surface area contributed by atoms with E-state index in [2.05, 4.69) is 10.2 Å². The third-order valence-corrected chi connectivity index (χ3v) is 5.51. The topological polar surface area (TPSA) is 73.8 Å². The van der Waals surface area contributed by atoms with Crippen LogP contribution in [0.3, 0.4) is 0 Å². The number of carbonyl (C=O) groups excluding carboxylic acids is 1. The standard InChI is InChI=1S/C14H17ClN4OS2/c1-19-13(7-6-12(16)20)17-18-14(19)22-9-21-8-10-2-4-11(15)5-3-10/h2-5H,6-9H2,1H3,(H2,16,20). The predicted molar refractivity (Wildman–Crippen MR) is 92.0 cm³/mol. The van der Waals surface area contributed by atoms with Crippen LogP contribution in [0.4, 0.5) is 0 Å². The Bertz CT molecular complexity index is 630. The van der Waals surface area contributed by atoms with Gasteiger partial charge in [0.25, 0.3) is 0 Å². The lowest BCUT2D eigenvalue weighted by Crippen LogP contribution is -2.12. The molecule has 0 saturated heterocycles. The summed E-state index contributed by atoms with van der Waals surface area (Å²) in [4.78, 5) is 10.8. The van der Waals surface area contributed by atoms with Crippen LogP contribution in [0.15, 0.2) is 29.4 Å². The number of amides is 1. The summed E-state index contributed by atoms with van der Waals surface area (Å²) in [6.07, 6.45) is 0.819. The minimum absolute atomic E-state index is 0.294. The quantitative estimate of drug-likeness (QED) is 0.447. The molecule has 0 fully saturated rings. The first kappa shape index (κ1) is 17.2. The minimum atomic E-state index is -0.323. The second kappa shape index (κ2) is 8.45. The zero-order valence-corrected chi connectivity index (χ0v) is 14.5. The molecule has 0 aliphatic rings. The highest BCUT2D eigenvalue weighted by atomic mass is 35.5. The van der Waals surface area contributed by atoms with Gasteiger partial charge in [0.15, 0.2) is 5.16 Å². The normalized spacial score (nSPS) is 10.8. The average molecular weight is 357 g/mol. The van der Waals surface area contributed by atoms with Crippen molar-refractivity contribution in [3.8, 4) is 0 Å². The molecule has 0 aliphatic heterocycles. The van der Waals surface area contributed by atoms with Gasteiger partial charge in [-0.25, -0.2) is 0 Å². The molecular weight excluding hydrogens is 340 g/mol. The molecule has 0 bridgehead atoms. The van der Waals surface area contributed by atoms with E-state index in [1.54, 1.807) is 11.8 Å². The second-order valence-electron chi connectivity index (χ2n) is 4.66. The van der Waals surface area contributed by atoms with Crippen molar-refractivity contribution >= 4 is 41.0 Å². The van der Waals surface area contributed by atoms with E-state index in [1.165, 1.54) is 5.56 Å². The van der Waals surface area contributed by atoms with Gasteiger partial charge in [-0.05, 0) is 17.7 Å². The van der Waals surface area contributed by atoms with Crippen LogP contribution in [0.25, 0.3) is 0 Å². The number of nitrogens with two attached hydrogens (primary N) is 1. The Labute approximate surface area is 143 Å². The van der Waals surface area contributed by atoms with Crippen LogP contribution in [0.1, 0.15) is 17.8 Å². The van der Waals surface area contributed by atoms with Gasteiger partial charge in [0, 0.05) is 35.7 Å². The van der Waals surface area contributed by atoms with Crippen LogP contribution in [-0.4, -0.2) is 25.8 Å². The molecule has 0 saturated carbocycles. The summed E-state index contributed by atoms with van der Waals surface area (Å²) in [6, 6.07) is 7.87. The fourth-order valence-electron chi connectivity index (χ4n) is 1.76. The summed E-state index contributed by atoms with van der Waals surface area (Å²) in [5.74, 6) is 1.39. The van der Waals surface area contributed by atoms with E-state index in [1.807, 2.05) is 47.6 Å². The van der Waals surface area contributed by atoms with Gasteiger partial charge in [-0.2, -0.15) is 0 Å². The molecule has 0 aliphatic carbocycles. The summed E-state index contributed by atoms with van der Waals surface area (Å²) in [6.45, 7) is 0. The summed E-state index contributed by atoms with van der Waals surface area (Å²) < 4.78 is 1.91. The number of aryl methyl sites for hydroxylation is 1. The molecule has 1 amide bonds. The van der Waals surface area contributed by atoms with Gasteiger partial charge in [0.2, 0.25) is 5.91 Å². The molecule has 8 heteroatoms. The molecule has 0 unspecified atom stereocenters. The third kappa shape index (κ3) is 5.23. The average Bonchev–Trinajstić information content (AvgIpc) is 2.84. The molecule has 5 nitrogen and oxygen atoms in total. The van der Waals surface area contributed by atoms with Gasteiger partial charge in [-0.1, -0.05) is 35.5 Å². The third-order valence-electron chi connectivity index (χ3n) is 2.97. The Balaban J connectivity index is 1.77. The fraction of sp³-hybridized carbons (Fsp3) is 0.357. The van der Waals surface area contributed by atoms with Crippen molar-refractivity contribution in [3.05, 3.63) is 40.7 Å². The highest BCUT2D eigenvalue weighted by Gasteiger charge is 2.10. The smallest absolute Gasteiger partial charge is 0.217 e. The summed E-state index contributed by atoms with van der Waals surface area (Å²) in [5, 5.41) is 10.7. The number of hydrogen-bond donors (Lipinski definition) is 1. The van der Waals surface area contributed by atoms with Gasteiger partial charge >= 0.3 is 0 Å². The zero-order valence-electron chi connectivity index (χ0n) is 12.2. The number of hydrogen-bond acceptors (Lipinski definition) is 5. The molecule has 1 aromatic heterocycles. The molecule has 0 spiro atoms. The van der Waals surface area contributed by atoms with E-state index >= 15 is 0 Å². The van der Waals surface area contributed by atoms with Crippen molar-refractivity contribution in [3.63, 3.8) is 0 Å². The number of thioether (sulfide) groups is 2. The molecule has 2 N–H and O–H groups in total. The maximum Gasteiger partial charge on any atom is 0.217 e. The highest BCUT2D eigenvalue weighted by molar-refractivity contribution is 8.15. The Kier molecular flexibility index (Phi) is 6.60. The van der Waals surface area contributed by atoms with E-state index in [0.717, 1.165) is 26.8 Å². The van der Waals surface area contributed by atoms with E-state index in [9.17, 15) is 4.79 Å². The zero-order chi connectivity index (χ0) is 15.9. The number of nitrogens with zero attached hydrogens (tertiary/aromatic N) is 3. The molecule has 2 rings (SSSR count). The Morgan fingerprint density at radius 3 is 2.73 bits per heavy atom. The second-order valence-corrected chi connectivity index (χ2v) is 7.39. The summed E-state index contributed by atoms with van der Waals surface area (Å²) in [7, 11) is 1.91. The number of primary amides is 1. The van der Waals surface area contributed by atoms with Gasteiger partial charge in [-0.15, -0.1) is 22.0 Å². The lowest BCUT2D eigenvalue weighted by atomic mass is 10.2. The number of rotatable bonds is 8.